The second-order valence-electron chi connectivity index (χ2n) is 6.19. The highest BCUT2D eigenvalue weighted by Crippen LogP contribution is 2.33. The van der Waals surface area contributed by atoms with E-state index < -0.39 is 10.0 Å². The van der Waals surface area contributed by atoms with Crippen LogP contribution in [0.1, 0.15) is 41.4 Å². The van der Waals surface area contributed by atoms with E-state index in [0.29, 0.717) is 40.4 Å². The topological polar surface area (TPSA) is 118 Å². The van der Waals surface area contributed by atoms with Crippen molar-refractivity contribution in [2.45, 2.75) is 39.0 Å². The van der Waals surface area contributed by atoms with Crippen LogP contribution in [0.25, 0.3) is 11.5 Å². The Hall–Kier alpha value is -2.94. The van der Waals surface area contributed by atoms with Crippen LogP contribution in [0.4, 0.5) is 5.69 Å². The fraction of sp³-hybridized carbons (Fsp3) is 0.278. The van der Waals surface area contributed by atoms with E-state index in [9.17, 15) is 13.2 Å². The van der Waals surface area contributed by atoms with Crippen molar-refractivity contribution in [1.82, 2.24) is 15.1 Å². The number of hydrogen-bond acceptors (Lipinski definition) is 6. The molecule has 0 aliphatic rings. The summed E-state index contributed by atoms with van der Waals surface area (Å²) in [6.45, 7) is 6.71. The summed E-state index contributed by atoms with van der Waals surface area (Å²) in [5.74, 6) is 0.489. The summed E-state index contributed by atoms with van der Waals surface area (Å²) in [5.41, 5.74) is 2.12. The summed E-state index contributed by atoms with van der Waals surface area (Å²) in [6.07, 6.45) is 0.574. The van der Waals surface area contributed by atoms with Crippen molar-refractivity contribution in [1.29, 1.82) is 0 Å². The summed E-state index contributed by atoms with van der Waals surface area (Å²) in [5, 5.41) is 3.85. The van der Waals surface area contributed by atoms with Gasteiger partial charge in [-0.3, -0.25) is 9.52 Å². The minimum absolute atomic E-state index is 0.0412. The number of aromatic nitrogens is 3. The first kappa shape index (κ1) is 18.8. The van der Waals surface area contributed by atoms with Crippen molar-refractivity contribution in [3.63, 3.8) is 0 Å². The average Bonchev–Trinajstić information content (AvgIpc) is 3.18. The van der Waals surface area contributed by atoms with Gasteiger partial charge in [0, 0.05) is 29.1 Å². The van der Waals surface area contributed by atoms with E-state index in [-0.39, 0.29) is 16.6 Å². The Morgan fingerprint density at radius 3 is 2.63 bits per heavy atom. The molecule has 2 N–H and O–H groups in total. The molecule has 142 valence electrons. The molecule has 0 amide bonds. The molecule has 9 heteroatoms. The van der Waals surface area contributed by atoms with Gasteiger partial charge in [-0.15, -0.1) is 0 Å². The van der Waals surface area contributed by atoms with Crippen molar-refractivity contribution in [2.24, 2.45) is 0 Å². The van der Waals surface area contributed by atoms with Gasteiger partial charge < -0.3 is 9.51 Å². The van der Waals surface area contributed by atoms with Gasteiger partial charge in [0.25, 0.3) is 15.9 Å². The van der Waals surface area contributed by atoms with E-state index in [0.717, 1.165) is 0 Å². The lowest BCUT2D eigenvalue weighted by Gasteiger charge is -2.10. The molecule has 0 spiro atoms. The van der Waals surface area contributed by atoms with E-state index in [1.807, 2.05) is 6.92 Å². The van der Waals surface area contributed by atoms with Crippen LogP contribution >= 0.6 is 0 Å². The highest BCUT2D eigenvalue weighted by Gasteiger charge is 2.29. The third-order valence-corrected chi connectivity index (χ3v) is 5.66. The van der Waals surface area contributed by atoms with E-state index in [1.54, 1.807) is 32.0 Å². The first-order chi connectivity index (χ1) is 12.7. The van der Waals surface area contributed by atoms with Gasteiger partial charge in [0.1, 0.15) is 4.90 Å². The van der Waals surface area contributed by atoms with Crippen molar-refractivity contribution in [3.05, 3.63) is 47.0 Å². The number of carbonyl (C=O) groups excluding carboxylic acids is 1. The molecule has 2 heterocycles. The van der Waals surface area contributed by atoms with Crippen molar-refractivity contribution in [2.75, 3.05) is 4.72 Å². The highest BCUT2D eigenvalue weighted by atomic mass is 32.2. The van der Waals surface area contributed by atoms with Gasteiger partial charge in [0.15, 0.2) is 11.6 Å². The normalized spacial score (nSPS) is 11.6. The summed E-state index contributed by atoms with van der Waals surface area (Å²) >= 11 is 0. The Bertz CT molecular complexity index is 1110. The molecule has 0 aliphatic heterocycles. The first-order valence-electron chi connectivity index (χ1n) is 8.39. The molecule has 0 unspecified atom stereocenters. The smallest absolute Gasteiger partial charge is 0.264 e. The molecule has 1 aromatic carbocycles. The third-order valence-electron chi connectivity index (χ3n) is 4.11. The molecule has 3 rings (SSSR count). The Morgan fingerprint density at radius 1 is 1.26 bits per heavy atom. The molecule has 0 bridgehead atoms. The number of benzene rings is 1. The van der Waals surface area contributed by atoms with Crippen LogP contribution < -0.4 is 4.72 Å². The van der Waals surface area contributed by atoms with Crippen LogP contribution in [0.3, 0.4) is 0 Å². The number of H-pyrrole nitrogens is 1. The van der Waals surface area contributed by atoms with Crippen LogP contribution in [-0.4, -0.2) is 29.3 Å². The lowest BCUT2D eigenvalue weighted by Crippen LogP contribution is -2.15. The number of aryl methyl sites for hydroxylation is 3. The molecule has 8 nitrogen and oxygen atoms in total. The van der Waals surface area contributed by atoms with E-state index >= 15 is 0 Å². The molecule has 0 saturated heterocycles. The van der Waals surface area contributed by atoms with Gasteiger partial charge in [-0.2, -0.15) is 4.98 Å². The maximum atomic E-state index is 13.1. The second kappa shape index (κ2) is 6.99. The van der Waals surface area contributed by atoms with Crippen LogP contribution in [-0.2, 0) is 16.4 Å². The van der Waals surface area contributed by atoms with Crippen LogP contribution in [0.15, 0.2) is 33.7 Å². The SMILES string of the molecule is CCc1noc(-c2c(C)[nH]c(C)c2S(=O)(=O)Nc2cccc(C(C)=O)c2)n1. The zero-order valence-corrected chi connectivity index (χ0v) is 16.3. The molecule has 0 radical (unpaired) electrons. The molecular formula is C18H20N4O4S. The predicted molar refractivity (Wildman–Crippen MR) is 100 cm³/mol. The summed E-state index contributed by atoms with van der Waals surface area (Å²) in [4.78, 5) is 18.9. The number of rotatable bonds is 6. The molecular weight excluding hydrogens is 368 g/mol. The second-order valence-corrected chi connectivity index (χ2v) is 7.81. The number of nitrogens with one attached hydrogen (secondary N) is 2. The van der Waals surface area contributed by atoms with Gasteiger partial charge in [-0.25, -0.2) is 8.42 Å². The van der Waals surface area contributed by atoms with Crippen molar-refractivity contribution < 1.29 is 17.7 Å². The van der Waals surface area contributed by atoms with Crippen LogP contribution in [0, 0.1) is 13.8 Å². The fourth-order valence-electron chi connectivity index (χ4n) is 2.86. The number of nitrogens with zero attached hydrogens (tertiary/aromatic N) is 2. The molecule has 0 atom stereocenters. The van der Waals surface area contributed by atoms with Crippen LogP contribution in [0.5, 0.6) is 0 Å². The van der Waals surface area contributed by atoms with Gasteiger partial charge >= 0.3 is 0 Å². The summed E-state index contributed by atoms with van der Waals surface area (Å²) < 4.78 is 33.9. The monoisotopic (exact) mass is 388 g/mol. The van der Waals surface area contributed by atoms with Crippen molar-refractivity contribution in [3.8, 4) is 11.5 Å². The number of carbonyl (C=O) groups is 1. The Morgan fingerprint density at radius 2 is 2.00 bits per heavy atom. The molecule has 0 aliphatic carbocycles. The minimum atomic E-state index is -3.96. The Balaban J connectivity index is 2.07. The molecule has 0 saturated carbocycles. The predicted octanol–water partition coefficient (Wildman–Crippen LogP) is 3.25. The summed E-state index contributed by atoms with van der Waals surface area (Å²) in [7, 11) is -3.96. The zero-order valence-electron chi connectivity index (χ0n) is 15.5. The lowest BCUT2D eigenvalue weighted by molar-refractivity contribution is 0.101. The minimum Gasteiger partial charge on any atom is -0.361 e. The number of aromatic amines is 1. The lowest BCUT2D eigenvalue weighted by atomic mass is 10.1. The number of ketones is 1. The maximum Gasteiger partial charge on any atom is 0.264 e. The quantitative estimate of drug-likeness (QED) is 0.626. The Kier molecular flexibility index (Phi) is 4.88. The summed E-state index contributed by atoms with van der Waals surface area (Å²) in [6, 6.07) is 6.33. The number of hydrogen-bond donors (Lipinski definition) is 2. The molecule has 0 fully saturated rings. The maximum absolute atomic E-state index is 13.1. The van der Waals surface area contributed by atoms with Gasteiger partial charge in [-0.1, -0.05) is 24.2 Å². The Labute approximate surface area is 157 Å². The van der Waals surface area contributed by atoms with E-state index in [1.165, 1.54) is 13.0 Å². The van der Waals surface area contributed by atoms with Crippen molar-refractivity contribution >= 4 is 21.5 Å². The van der Waals surface area contributed by atoms with Crippen LogP contribution in [0.2, 0.25) is 0 Å². The zero-order chi connectivity index (χ0) is 19.8. The van der Waals surface area contributed by atoms with Gasteiger partial charge in [-0.05, 0) is 32.9 Å². The molecule has 2 aromatic heterocycles. The van der Waals surface area contributed by atoms with Gasteiger partial charge in [0.2, 0.25) is 0 Å². The number of Topliss-reactive ketones (excluding diaryl/α,β-unsaturated/α-hetero) is 1. The fourth-order valence-corrected chi connectivity index (χ4v) is 4.36. The number of sulfonamides is 1. The molecule has 3 aromatic rings. The number of anilines is 1. The van der Waals surface area contributed by atoms with E-state index in [2.05, 4.69) is 19.8 Å². The first-order valence-corrected chi connectivity index (χ1v) is 9.87. The van der Waals surface area contributed by atoms with E-state index in [4.69, 9.17) is 4.52 Å². The molecule has 27 heavy (non-hydrogen) atoms. The third kappa shape index (κ3) is 3.63. The highest BCUT2D eigenvalue weighted by molar-refractivity contribution is 7.93. The van der Waals surface area contributed by atoms with Gasteiger partial charge in [0.05, 0.1) is 5.56 Å². The average molecular weight is 388 g/mol. The standard InChI is InChI=1S/C18H20N4O4S/c1-5-15-20-18(26-21-15)16-10(2)19-11(3)17(16)27(24,25)22-14-8-6-7-13(9-14)12(4)23/h6-9,19,22H,5H2,1-4H3. The largest absolute Gasteiger partial charge is 0.361 e.